The predicted molar refractivity (Wildman–Crippen MR) is 66.0 cm³/mol. The zero-order valence-electron chi connectivity index (χ0n) is 8.86. The lowest BCUT2D eigenvalue weighted by atomic mass is 10.4. The van der Waals surface area contributed by atoms with Crippen LogP contribution in [0, 0.1) is 0 Å². The molecule has 0 atom stereocenters. The molecule has 4 nitrogen and oxygen atoms in total. The van der Waals surface area contributed by atoms with Crippen molar-refractivity contribution < 1.29 is 0 Å². The molecule has 0 radical (unpaired) electrons. The van der Waals surface area contributed by atoms with Crippen LogP contribution in [0.2, 0.25) is 5.15 Å². The SMILES string of the molecule is CSc1nc(N)c(/C=N/C(C)C)nc1Cl. The van der Waals surface area contributed by atoms with Crippen molar-refractivity contribution in [3.05, 3.63) is 10.8 Å². The summed E-state index contributed by atoms with van der Waals surface area (Å²) in [4.78, 5) is 12.4. The molecule has 0 aliphatic carbocycles. The van der Waals surface area contributed by atoms with Crippen LogP contribution < -0.4 is 5.73 Å². The molecular formula is C9H13ClN4S. The van der Waals surface area contributed by atoms with Gasteiger partial charge >= 0.3 is 0 Å². The summed E-state index contributed by atoms with van der Waals surface area (Å²) in [6.07, 6.45) is 3.47. The van der Waals surface area contributed by atoms with Crippen LogP contribution >= 0.6 is 23.4 Å². The van der Waals surface area contributed by atoms with Gasteiger partial charge in [0, 0.05) is 6.04 Å². The van der Waals surface area contributed by atoms with E-state index in [0.717, 1.165) is 0 Å². The van der Waals surface area contributed by atoms with Crippen LogP contribution in [0.3, 0.4) is 0 Å². The summed E-state index contributed by atoms with van der Waals surface area (Å²) >= 11 is 7.32. The Kier molecular flexibility index (Phi) is 4.35. The molecular weight excluding hydrogens is 232 g/mol. The van der Waals surface area contributed by atoms with Gasteiger partial charge in [0.1, 0.15) is 10.7 Å². The van der Waals surface area contributed by atoms with Gasteiger partial charge in [-0.1, -0.05) is 11.6 Å². The summed E-state index contributed by atoms with van der Waals surface area (Å²) in [6, 6.07) is 0.199. The Morgan fingerprint density at radius 1 is 1.47 bits per heavy atom. The smallest absolute Gasteiger partial charge is 0.162 e. The van der Waals surface area contributed by atoms with Crippen molar-refractivity contribution in [3.8, 4) is 0 Å². The molecule has 1 aromatic heterocycles. The number of aliphatic imine (C=N–C) groups is 1. The van der Waals surface area contributed by atoms with E-state index in [-0.39, 0.29) is 6.04 Å². The molecule has 82 valence electrons. The molecule has 0 aliphatic rings. The first-order valence-electron chi connectivity index (χ1n) is 4.44. The van der Waals surface area contributed by atoms with E-state index >= 15 is 0 Å². The number of hydrogen-bond acceptors (Lipinski definition) is 5. The first-order chi connectivity index (χ1) is 7.04. The van der Waals surface area contributed by atoms with E-state index in [4.69, 9.17) is 17.3 Å². The van der Waals surface area contributed by atoms with Gasteiger partial charge in [0.15, 0.2) is 11.0 Å². The highest BCUT2D eigenvalue weighted by molar-refractivity contribution is 7.98. The Labute approximate surface area is 98.4 Å². The summed E-state index contributed by atoms with van der Waals surface area (Å²) in [5, 5.41) is 0.998. The predicted octanol–water partition coefficient (Wildman–Crippen LogP) is 2.26. The highest BCUT2D eigenvalue weighted by atomic mass is 35.5. The summed E-state index contributed by atoms with van der Waals surface area (Å²) in [5.74, 6) is 0.355. The maximum atomic E-state index is 5.91. The number of aromatic nitrogens is 2. The molecule has 0 aromatic carbocycles. The molecule has 0 aliphatic heterocycles. The third-order valence-corrected chi connectivity index (χ3v) is 2.61. The zero-order valence-corrected chi connectivity index (χ0v) is 10.4. The van der Waals surface area contributed by atoms with Gasteiger partial charge in [-0.3, -0.25) is 4.99 Å². The van der Waals surface area contributed by atoms with Gasteiger partial charge in [-0.15, -0.1) is 11.8 Å². The van der Waals surface area contributed by atoms with Gasteiger partial charge < -0.3 is 5.73 Å². The van der Waals surface area contributed by atoms with E-state index in [1.165, 1.54) is 11.8 Å². The molecule has 0 unspecified atom stereocenters. The molecule has 0 amide bonds. The van der Waals surface area contributed by atoms with Crippen molar-refractivity contribution in [1.82, 2.24) is 9.97 Å². The Hall–Kier alpha value is -0.810. The number of nitrogens with zero attached hydrogens (tertiary/aromatic N) is 3. The van der Waals surface area contributed by atoms with Gasteiger partial charge in [-0.25, -0.2) is 9.97 Å². The van der Waals surface area contributed by atoms with E-state index in [0.29, 0.717) is 21.7 Å². The van der Waals surface area contributed by atoms with E-state index in [1.807, 2.05) is 20.1 Å². The molecule has 1 heterocycles. The molecule has 0 saturated heterocycles. The van der Waals surface area contributed by atoms with Crippen molar-refractivity contribution >= 4 is 35.4 Å². The van der Waals surface area contributed by atoms with Gasteiger partial charge in [0.2, 0.25) is 0 Å². The number of nitrogens with two attached hydrogens (primary N) is 1. The fraction of sp³-hybridized carbons (Fsp3) is 0.444. The van der Waals surface area contributed by atoms with E-state index < -0.39 is 0 Å². The average molecular weight is 245 g/mol. The molecule has 1 rings (SSSR count). The van der Waals surface area contributed by atoms with Crippen LogP contribution in [0.25, 0.3) is 0 Å². The van der Waals surface area contributed by atoms with Crippen molar-refractivity contribution in [2.75, 3.05) is 12.0 Å². The molecule has 15 heavy (non-hydrogen) atoms. The standard InChI is InChI=1S/C9H13ClN4S/c1-5(2)12-4-6-8(11)14-9(15-3)7(10)13-6/h4-5H,1-3H3,(H2,11,14)/b12-4+. The Balaban J connectivity index is 3.05. The molecule has 0 bridgehead atoms. The van der Waals surface area contributed by atoms with Gasteiger partial charge in [0.05, 0.1) is 6.21 Å². The lowest BCUT2D eigenvalue weighted by molar-refractivity contribution is 0.840. The fourth-order valence-electron chi connectivity index (χ4n) is 0.868. The van der Waals surface area contributed by atoms with E-state index in [9.17, 15) is 0 Å². The maximum absolute atomic E-state index is 5.91. The number of halogens is 1. The Bertz CT molecular complexity index is 379. The molecule has 0 spiro atoms. The van der Waals surface area contributed by atoms with Crippen LogP contribution in [0.15, 0.2) is 10.0 Å². The number of anilines is 1. The number of nitrogen functional groups attached to an aromatic ring is 1. The fourth-order valence-corrected chi connectivity index (χ4v) is 1.64. The summed E-state index contributed by atoms with van der Waals surface area (Å²) in [5.41, 5.74) is 6.24. The largest absolute Gasteiger partial charge is 0.382 e. The second-order valence-corrected chi connectivity index (χ2v) is 4.32. The molecule has 6 heteroatoms. The van der Waals surface area contributed by atoms with Crippen molar-refractivity contribution in [1.29, 1.82) is 0 Å². The maximum Gasteiger partial charge on any atom is 0.162 e. The topological polar surface area (TPSA) is 64.2 Å². The number of thioether (sulfide) groups is 1. The number of rotatable bonds is 3. The van der Waals surface area contributed by atoms with Gasteiger partial charge in [0.25, 0.3) is 0 Å². The highest BCUT2D eigenvalue weighted by Crippen LogP contribution is 2.22. The summed E-state index contributed by atoms with van der Waals surface area (Å²) in [7, 11) is 0. The van der Waals surface area contributed by atoms with Crippen LogP contribution in [-0.2, 0) is 0 Å². The Morgan fingerprint density at radius 3 is 2.67 bits per heavy atom. The third kappa shape index (κ3) is 3.35. The molecule has 1 aromatic rings. The van der Waals surface area contributed by atoms with E-state index in [2.05, 4.69) is 15.0 Å². The average Bonchev–Trinajstić information content (AvgIpc) is 2.18. The quantitative estimate of drug-likeness (QED) is 0.654. The monoisotopic (exact) mass is 244 g/mol. The number of hydrogen-bond donors (Lipinski definition) is 1. The van der Waals surface area contributed by atoms with Crippen LogP contribution in [0.4, 0.5) is 5.82 Å². The van der Waals surface area contributed by atoms with Crippen LogP contribution in [0.5, 0.6) is 0 Å². The zero-order chi connectivity index (χ0) is 11.4. The molecule has 2 N–H and O–H groups in total. The van der Waals surface area contributed by atoms with Gasteiger partial charge in [-0.2, -0.15) is 0 Å². The van der Waals surface area contributed by atoms with Crippen molar-refractivity contribution in [2.45, 2.75) is 24.9 Å². The second kappa shape index (κ2) is 5.32. The lowest BCUT2D eigenvalue weighted by Crippen LogP contribution is -2.03. The summed E-state index contributed by atoms with van der Waals surface area (Å²) < 4.78 is 0. The third-order valence-electron chi connectivity index (χ3n) is 1.57. The molecule has 0 fully saturated rings. The first kappa shape index (κ1) is 12.3. The minimum absolute atomic E-state index is 0.199. The van der Waals surface area contributed by atoms with Crippen LogP contribution in [-0.4, -0.2) is 28.5 Å². The van der Waals surface area contributed by atoms with E-state index in [1.54, 1.807) is 6.21 Å². The lowest BCUT2D eigenvalue weighted by Gasteiger charge is -2.03. The minimum atomic E-state index is 0.199. The first-order valence-corrected chi connectivity index (χ1v) is 6.05. The van der Waals surface area contributed by atoms with Crippen molar-refractivity contribution in [2.24, 2.45) is 4.99 Å². The summed E-state index contributed by atoms with van der Waals surface area (Å²) in [6.45, 7) is 3.94. The minimum Gasteiger partial charge on any atom is -0.382 e. The van der Waals surface area contributed by atoms with Crippen LogP contribution in [0.1, 0.15) is 19.5 Å². The second-order valence-electron chi connectivity index (χ2n) is 3.17. The highest BCUT2D eigenvalue weighted by Gasteiger charge is 2.07. The van der Waals surface area contributed by atoms with Crippen molar-refractivity contribution in [3.63, 3.8) is 0 Å². The van der Waals surface area contributed by atoms with Gasteiger partial charge in [-0.05, 0) is 20.1 Å². The molecule has 0 saturated carbocycles. The normalized spacial score (nSPS) is 11.5. The Morgan fingerprint density at radius 2 is 2.13 bits per heavy atom.